The van der Waals surface area contributed by atoms with Crippen LogP contribution < -0.4 is 11.1 Å². The molecule has 1 aromatic carbocycles. The highest BCUT2D eigenvalue weighted by Crippen LogP contribution is 2.24. The van der Waals surface area contributed by atoms with Crippen molar-refractivity contribution in [3.63, 3.8) is 0 Å². The molecule has 0 aliphatic rings. The van der Waals surface area contributed by atoms with Gasteiger partial charge in [-0.25, -0.2) is 0 Å². The first-order valence-electron chi connectivity index (χ1n) is 6.02. The minimum atomic E-state index is 0.157. The number of hydrogen-bond acceptors (Lipinski definition) is 5. The number of para-hydroxylation sites is 1. The SMILES string of the molecule is COCC(Nc1nc2c(N)cccc2o1)C(C)C. The average Bonchev–Trinajstić information content (AvgIpc) is 2.72. The summed E-state index contributed by atoms with van der Waals surface area (Å²) in [4.78, 5) is 4.36. The highest BCUT2D eigenvalue weighted by atomic mass is 16.5. The lowest BCUT2D eigenvalue weighted by Crippen LogP contribution is -2.30. The summed E-state index contributed by atoms with van der Waals surface area (Å²) < 4.78 is 10.8. The molecule has 2 rings (SSSR count). The van der Waals surface area contributed by atoms with Crippen molar-refractivity contribution in [1.29, 1.82) is 0 Å². The Morgan fingerprint density at radius 2 is 2.22 bits per heavy atom. The fourth-order valence-electron chi connectivity index (χ4n) is 1.77. The van der Waals surface area contributed by atoms with Crippen LogP contribution in [0.2, 0.25) is 0 Å². The lowest BCUT2D eigenvalue weighted by Gasteiger charge is -2.20. The number of fused-ring (bicyclic) bond motifs is 1. The zero-order chi connectivity index (χ0) is 13.1. The molecule has 0 saturated carbocycles. The summed E-state index contributed by atoms with van der Waals surface area (Å²) in [6.45, 7) is 4.84. The summed E-state index contributed by atoms with van der Waals surface area (Å²) in [6, 6.07) is 6.15. The second kappa shape index (κ2) is 5.27. The van der Waals surface area contributed by atoms with Crippen LogP contribution in [0.3, 0.4) is 0 Å². The fraction of sp³-hybridized carbons (Fsp3) is 0.462. The van der Waals surface area contributed by atoms with Crippen molar-refractivity contribution in [3.8, 4) is 0 Å². The van der Waals surface area contributed by atoms with E-state index in [2.05, 4.69) is 24.1 Å². The predicted octanol–water partition coefficient (Wildman–Crippen LogP) is 2.49. The first-order chi connectivity index (χ1) is 8.61. The Labute approximate surface area is 106 Å². The third kappa shape index (κ3) is 2.56. The standard InChI is InChI=1S/C13H19N3O2/c1-8(2)10(7-17-3)15-13-16-12-9(14)5-4-6-11(12)18-13/h4-6,8,10H,7,14H2,1-3H3,(H,15,16). The van der Waals surface area contributed by atoms with Gasteiger partial charge < -0.3 is 20.2 Å². The molecule has 0 fully saturated rings. The summed E-state index contributed by atoms with van der Waals surface area (Å²) in [5, 5.41) is 3.24. The highest BCUT2D eigenvalue weighted by Gasteiger charge is 2.16. The summed E-state index contributed by atoms with van der Waals surface area (Å²) >= 11 is 0. The number of nitrogen functional groups attached to an aromatic ring is 1. The van der Waals surface area contributed by atoms with Gasteiger partial charge in [-0.1, -0.05) is 19.9 Å². The van der Waals surface area contributed by atoms with Gasteiger partial charge in [-0.2, -0.15) is 4.98 Å². The normalized spacial score (nSPS) is 13.1. The molecular formula is C13H19N3O2. The van der Waals surface area contributed by atoms with Crippen LogP contribution in [0.1, 0.15) is 13.8 Å². The molecule has 18 heavy (non-hydrogen) atoms. The molecule has 1 aromatic heterocycles. The van der Waals surface area contributed by atoms with Crippen LogP contribution in [0.25, 0.3) is 11.1 Å². The molecule has 3 N–H and O–H groups in total. The predicted molar refractivity (Wildman–Crippen MR) is 72.5 cm³/mol. The molecule has 1 atom stereocenters. The van der Waals surface area contributed by atoms with E-state index < -0.39 is 0 Å². The molecule has 0 radical (unpaired) electrons. The molecule has 98 valence electrons. The van der Waals surface area contributed by atoms with Crippen LogP contribution in [0.5, 0.6) is 0 Å². The third-order valence-electron chi connectivity index (χ3n) is 2.91. The van der Waals surface area contributed by atoms with Gasteiger partial charge in [-0.15, -0.1) is 0 Å². The maximum atomic E-state index is 5.84. The van der Waals surface area contributed by atoms with E-state index in [1.807, 2.05) is 18.2 Å². The second-order valence-electron chi connectivity index (χ2n) is 4.66. The van der Waals surface area contributed by atoms with Crippen LogP contribution >= 0.6 is 0 Å². The quantitative estimate of drug-likeness (QED) is 0.796. The van der Waals surface area contributed by atoms with Gasteiger partial charge in [0.05, 0.1) is 18.3 Å². The maximum Gasteiger partial charge on any atom is 0.296 e. The third-order valence-corrected chi connectivity index (χ3v) is 2.91. The number of aromatic nitrogens is 1. The van der Waals surface area contributed by atoms with Crippen molar-refractivity contribution >= 4 is 22.8 Å². The smallest absolute Gasteiger partial charge is 0.296 e. The van der Waals surface area contributed by atoms with E-state index in [1.54, 1.807) is 7.11 Å². The van der Waals surface area contributed by atoms with Gasteiger partial charge in [0, 0.05) is 7.11 Å². The topological polar surface area (TPSA) is 73.3 Å². The molecule has 0 aliphatic carbocycles. The van der Waals surface area contributed by atoms with E-state index in [4.69, 9.17) is 14.9 Å². The van der Waals surface area contributed by atoms with Gasteiger partial charge in [0.1, 0.15) is 5.52 Å². The molecule has 0 bridgehead atoms. The lowest BCUT2D eigenvalue weighted by molar-refractivity contribution is 0.170. The Morgan fingerprint density at radius 1 is 1.44 bits per heavy atom. The number of nitrogens with one attached hydrogen (secondary N) is 1. The van der Waals surface area contributed by atoms with Crippen LogP contribution in [-0.2, 0) is 4.74 Å². The van der Waals surface area contributed by atoms with E-state index in [0.29, 0.717) is 35.3 Å². The molecular weight excluding hydrogens is 230 g/mol. The molecule has 0 saturated heterocycles. The van der Waals surface area contributed by atoms with Crippen LogP contribution in [0, 0.1) is 5.92 Å². The van der Waals surface area contributed by atoms with E-state index in [1.165, 1.54) is 0 Å². The number of anilines is 2. The molecule has 2 aromatic rings. The van der Waals surface area contributed by atoms with Gasteiger partial charge in [-0.05, 0) is 18.1 Å². The van der Waals surface area contributed by atoms with E-state index in [-0.39, 0.29) is 6.04 Å². The summed E-state index contributed by atoms with van der Waals surface area (Å²) in [5.41, 5.74) is 7.85. The largest absolute Gasteiger partial charge is 0.423 e. The van der Waals surface area contributed by atoms with Crippen molar-refractivity contribution in [3.05, 3.63) is 18.2 Å². The fourth-order valence-corrected chi connectivity index (χ4v) is 1.77. The number of hydrogen-bond donors (Lipinski definition) is 2. The number of benzene rings is 1. The number of oxazole rings is 1. The number of methoxy groups -OCH3 is 1. The zero-order valence-corrected chi connectivity index (χ0v) is 10.9. The first-order valence-corrected chi connectivity index (χ1v) is 6.02. The molecule has 1 heterocycles. The average molecular weight is 249 g/mol. The molecule has 1 unspecified atom stereocenters. The van der Waals surface area contributed by atoms with E-state index in [0.717, 1.165) is 0 Å². The van der Waals surface area contributed by atoms with Crippen molar-refractivity contribution in [2.24, 2.45) is 5.92 Å². The lowest BCUT2D eigenvalue weighted by atomic mass is 10.1. The van der Waals surface area contributed by atoms with Crippen molar-refractivity contribution < 1.29 is 9.15 Å². The van der Waals surface area contributed by atoms with Crippen molar-refractivity contribution in [2.75, 3.05) is 24.8 Å². The second-order valence-corrected chi connectivity index (χ2v) is 4.66. The number of rotatable bonds is 5. The van der Waals surface area contributed by atoms with Gasteiger partial charge in [-0.3, -0.25) is 0 Å². The molecule has 0 spiro atoms. The van der Waals surface area contributed by atoms with Crippen LogP contribution in [0.4, 0.5) is 11.7 Å². The molecule has 0 amide bonds. The summed E-state index contributed by atoms with van der Waals surface area (Å²) in [5.74, 6) is 0.414. The minimum Gasteiger partial charge on any atom is -0.423 e. The first kappa shape index (κ1) is 12.7. The monoisotopic (exact) mass is 249 g/mol. The van der Waals surface area contributed by atoms with Crippen LogP contribution in [0.15, 0.2) is 22.6 Å². The maximum absolute atomic E-state index is 5.84. The van der Waals surface area contributed by atoms with Gasteiger partial charge >= 0.3 is 0 Å². The van der Waals surface area contributed by atoms with Gasteiger partial charge in [0.2, 0.25) is 0 Å². The number of nitrogens with zero attached hydrogens (tertiary/aromatic N) is 1. The number of ether oxygens (including phenoxy) is 1. The molecule has 5 heteroatoms. The Balaban J connectivity index is 2.23. The van der Waals surface area contributed by atoms with E-state index in [9.17, 15) is 0 Å². The van der Waals surface area contributed by atoms with Crippen molar-refractivity contribution in [1.82, 2.24) is 4.98 Å². The van der Waals surface area contributed by atoms with Gasteiger partial charge in [0.15, 0.2) is 5.58 Å². The Morgan fingerprint density at radius 3 is 2.83 bits per heavy atom. The Hall–Kier alpha value is -1.75. The van der Waals surface area contributed by atoms with Crippen LogP contribution in [-0.4, -0.2) is 24.7 Å². The Kier molecular flexibility index (Phi) is 3.72. The zero-order valence-electron chi connectivity index (χ0n) is 10.9. The number of nitrogens with two attached hydrogens (primary N) is 1. The van der Waals surface area contributed by atoms with Gasteiger partial charge in [0.25, 0.3) is 6.01 Å². The summed E-state index contributed by atoms with van der Waals surface area (Å²) in [6.07, 6.45) is 0. The summed E-state index contributed by atoms with van der Waals surface area (Å²) in [7, 11) is 1.68. The highest BCUT2D eigenvalue weighted by molar-refractivity contribution is 5.86. The molecule has 5 nitrogen and oxygen atoms in total. The molecule has 0 aliphatic heterocycles. The van der Waals surface area contributed by atoms with Crippen molar-refractivity contribution in [2.45, 2.75) is 19.9 Å². The minimum absolute atomic E-state index is 0.157. The van der Waals surface area contributed by atoms with E-state index >= 15 is 0 Å². The Bertz CT molecular complexity index is 522.